The van der Waals surface area contributed by atoms with Crippen molar-refractivity contribution >= 4 is 44.6 Å². The second kappa shape index (κ2) is 3.19. The van der Waals surface area contributed by atoms with E-state index in [1.807, 2.05) is 0 Å². The fourth-order valence-corrected chi connectivity index (χ4v) is 2.69. The number of halogens is 2. The van der Waals surface area contributed by atoms with Gasteiger partial charge in [0.2, 0.25) is 0 Å². The maximum Gasteiger partial charge on any atom is 0.101 e. The maximum atomic E-state index is 8.79. The molecule has 64 valence electrons. The minimum Gasteiger partial charge on any atom is -0.192 e. The lowest BCUT2D eigenvalue weighted by molar-refractivity contribution is 1.52. The first-order chi connectivity index (χ1) is 6.24. The molecule has 0 unspecified atom stereocenters. The van der Waals surface area contributed by atoms with Crippen LogP contribution >= 0.6 is 34.5 Å². The van der Waals surface area contributed by atoms with E-state index in [4.69, 9.17) is 28.5 Å². The Kier molecular flexibility index (Phi) is 2.17. The number of rotatable bonds is 0. The number of nitriles is 1. The van der Waals surface area contributed by atoms with Crippen molar-refractivity contribution in [3.8, 4) is 6.07 Å². The molecule has 0 radical (unpaired) electrons. The van der Waals surface area contributed by atoms with Crippen molar-refractivity contribution in [2.24, 2.45) is 0 Å². The van der Waals surface area contributed by atoms with E-state index in [0.29, 0.717) is 15.6 Å². The standard InChI is InChI=1S/C9H3Cl2NS/c10-6-1-2-7(11)9-8(6)5(3-12)4-13-9/h1-2,4H. The van der Waals surface area contributed by atoms with Crippen LogP contribution in [0.1, 0.15) is 5.56 Å². The lowest BCUT2D eigenvalue weighted by Gasteiger charge is -1.95. The van der Waals surface area contributed by atoms with E-state index in [9.17, 15) is 0 Å². The molecule has 0 aliphatic rings. The average Bonchev–Trinajstić information content (AvgIpc) is 2.56. The van der Waals surface area contributed by atoms with Crippen molar-refractivity contribution in [1.29, 1.82) is 5.26 Å². The molecule has 0 bridgehead atoms. The second-order valence-electron chi connectivity index (χ2n) is 2.49. The van der Waals surface area contributed by atoms with Gasteiger partial charge in [0.05, 0.1) is 20.3 Å². The Morgan fingerprint density at radius 1 is 1.23 bits per heavy atom. The molecule has 0 aliphatic heterocycles. The van der Waals surface area contributed by atoms with Crippen molar-refractivity contribution in [2.45, 2.75) is 0 Å². The summed E-state index contributed by atoms with van der Waals surface area (Å²) in [5, 5.41) is 12.6. The highest BCUT2D eigenvalue weighted by Crippen LogP contribution is 2.36. The summed E-state index contributed by atoms with van der Waals surface area (Å²) in [4.78, 5) is 0. The lowest BCUT2D eigenvalue weighted by Crippen LogP contribution is -1.72. The molecule has 0 amide bonds. The van der Waals surface area contributed by atoms with Gasteiger partial charge in [0.25, 0.3) is 0 Å². The zero-order chi connectivity index (χ0) is 9.42. The van der Waals surface area contributed by atoms with Crippen molar-refractivity contribution in [3.63, 3.8) is 0 Å². The Bertz CT molecular complexity index is 510. The predicted molar refractivity (Wildman–Crippen MR) is 56.6 cm³/mol. The molecule has 2 rings (SSSR count). The van der Waals surface area contributed by atoms with Crippen LogP contribution < -0.4 is 0 Å². The van der Waals surface area contributed by atoms with Crippen molar-refractivity contribution in [2.75, 3.05) is 0 Å². The van der Waals surface area contributed by atoms with Crippen LogP contribution in [0.3, 0.4) is 0 Å². The molecule has 1 aromatic carbocycles. The SMILES string of the molecule is N#Cc1csc2c(Cl)ccc(Cl)c12. The summed E-state index contributed by atoms with van der Waals surface area (Å²) in [7, 11) is 0. The fraction of sp³-hybridized carbons (Fsp3) is 0. The molecular formula is C9H3Cl2NS. The third kappa shape index (κ3) is 1.30. The smallest absolute Gasteiger partial charge is 0.101 e. The molecule has 1 nitrogen and oxygen atoms in total. The Balaban J connectivity index is 2.98. The minimum atomic E-state index is 0.581. The molecule has 0 N–H and O–H groups in total. The Hall–Kier alpha value is -0.750. The predicted octanol–water partition coefficient (Wildman–Crippen LogP) is 4.08. The molecule has 0 aliphatic carbocycles. The Labute approximate surface area is 89.1 Å². The lowest BCUT2D eigenvalue weighted by atomic mass is 10.2. The van der Waals surface area contributed by atoms with Crippen LogP contribution in [0.2, 0.25) is 10.0 Å². The summed E-state index contributed by atoms with van der Waals surface area (Å²) >= 11 is 13.3. The van der Waals surface area contributed by atoms with Crippen LogP contribution in [0, 0.1) is 11.3 Å². The van der Waals surface area contributed by atoms with E-state index in [2.05, 4.69) is 6.07 Å². The van der Waals surface area contributed by atoms with Gasteiger partial charge in [-0.1, -0.05) is 23.2 Å². The van der Waals surface area contributed by atoms with Crippen molar-refractivity contribution < 1.29 is 0 Å². The molecule has 4 heteroatoms. The highest BCUT2D eigenvalue weighted by molar-refractivity contribution is 7.18. The fourth-order valence-electron chi connectivity index (χ4n) is 1.16. The summed E-state index contributed by atoms with van der Waals surface area (Å²) in [5.41, 5.74) is 0.590. The monoisotopic (exact) mass is 227 g/mol. The second-order valence-corrected chi connectivity index (χ2v) is 4.19. The molecule has 2 aromatic rings. The van der Waals surface area contributed by atoms with E-state index >= 15 is 0 Å². The number of hydrogen-bond acceptors (Lipinski definition) is 2. The molecule has 1 heterocycles. The van der Waals surface area contributed by atoms with Gasteiger partial charge >= 0.3 is 0 Å². The first-order valence-electron chi connectivity index (χ1n) is 3.49. The van der Waals surface area contributed by atoms with Gasteiger partial charge in [0, 0.05) is 10.8 Å². The first kappa shape index (κ1) is 8.83. The van der Waals surface area contributed by atoms with Crippen molar-refractivity contribution in [3.05, 3.63) is 33.1 Å². The number of benzene rings is 1. The van der Waals surface area contributed by atoms with Crippen LogP contribution in [-0.4, -0.2) is 0 Å². The summed E-state index contributed by atoms with van der Waals surface area (Å²) in [6.45, 7) is 0. The largest absolute Gasteiger partial charge is 0.192 e. The van der Waals surface area contributed by atoms with Gasteiger partial charge in [-0.2, -0.15) is 5.26 Å². The third-order valence-corrected chi connectivity index (χ3v) is 3.50. The van der Waals surface area contributed by atoms with Gasteiger partial charge in [-0.05, 0) is 12.1 Å². The van der Waals surface area contributed by atoms with Crippen LogP contribution in [0.15, 0.2) is 17.5 Å². The van der Waals surface area contributed by atoms with Crippen LogP contribution in [0.4, 0.5) is 0 Å². The van der Waals surface area contributed by atoms with E-state index < -0.39 is 0 Å². The van der Waals surface area contributed by atoms with Gasteiger partial charge in [-0.3, -0.25) is 0 Å². The van der Waals surface area contributed by atoms with E-state index in [1.165, 1.54) is 11.3 Å². The minimum absolute atomic E-state index is 0.581. The average molecular weight is 228 g/mol. The summed E-state index contributed by atoms with van der Waals surface area (Å²) in [6, 6.07) is 5.53. The van der Waals surface area contributed by atoms with Gasteiger partial charge in [0.15, 0.2) is 0 Å². The zero-order valence-corrected chi connectivity index (χ0v) is 8.67. The Morgan fingerprint density at radius 3 is 2.62 bits per heavy atom. The summed E-state index contributed by atoms with van der Waals surface area (Å²) in [5.74, 6) is 0. The van der Waals surface area contributed by atoms with Gasteiger partial charge in [-0.15, -0.1) is 11.3 Å². The molecule has 13 heavy (non-hydrogen) atoms. The molecule has 0 atom stereocenters. The maximum absolute atomic E-state index is 8.79. The quantitative estimate of drug-likeness (QED) is 0.666. The summed E-state index contributed by atoms with van der Waals surface area (Å²) in [6.07, 6.45) is 0. The molecule has 0 fully saturated rings. The summed E-state index contributed by atoms with van der Waals surface area (Å²) < 4.78 is 0.880. The molecular weight excluding hydrogens is 225 g/mol. The van der Waals surface area contributed by atoms with E-state index in [0.717, 1.165) is 10.1 Å². The highest BCUT2D eigenvalue weighted by atomic mass is 35.5. The first-order valence-corrected chi connectivity index (χ1v) is 5.13. The number of hydrogen-bond donors (Lipinski definition) is 0. The van der Waals surface area contributed by atoms with E-state index in [1.54, 1.807) is 17.5 Å². The normalized spacial score (nSPS) is 10.2. The Morgan fingerprint density at radius 2 is 1.92 bits per heavy atom. The highest BCUT2D eigenvalue weighted by Gasteiger charge is 2.09. The molecule has 1 aromatic heterocycles. The van der Waals surface area contributed by atoms with Crippen LogP contribution in [-0.2, 0) is 0 Å². The van der Waals surface area contributed by atoms with Crippen molar-refractivity contribution in [1.82, 2.24) is 0 Å². The van der Waals surface area contributed by atoms with Crippen LogP contribution in [0.5, 0.6) is 0 Å². The van der Waals surface area contributed by atoms with E-state index in [-0.39, 0.29) is 0 Å². The number of nitrogens with zero attached hydrogens (tertiary/aromatic N) is 1. The number of fused-ring (bicyclic) bond motifs is 1. The van der Waals surface area contributed by atoms with Gasteiger partial charge in [0.1, 0.15) is 6.07 Å². The van der Waals surface area contributed by atoms with Gasteiger partial charge in [-0.25, -0.2) is 0 Å². The van der Waals surface area contributed by atoms with Gasteiger partial charge < -0.3 is 0 Å². The third-order valence-electron chi connectivity index (χ3n) is 1.74. The van der Waals surface area contributed by atoms with Crippen LogP contribution in [0.25, 0.3) is 10.1 Å². The molecule has 0 saturated carbocycles. The topological polar surface area (TPSA) is 23.8 Å². The molecule has 0 spiro atoms. The zero-order valence-electron chi connectivity index (χ0n) is 6.34. The number of thiophene rings is 1. The molecule has 0 saturated heterocycles.